The first-order valence-electron chi connectivity index (χ1n) is 8.18. The van der Waals surface area contributed by atoms with E-state index in [4.69, 9.17) is 6.42 Å². The molecule has 2 heterocycles. The number of nitrogens with one attached hydrogen (secondary N) is 1. The third-order valence-corrected chi connectivity index (χ3v) is 4.34. The van der Waals surface area contributed by atoms with Crippen molar-refractivity contribution in [3.63, 3.8) is 0 Å². The number of aliphatic hydroxyl groups is 1. The van der Waals surface area contributed by atoms with Crippen LogP contribution in [0.4, 0.5) is 0 Å². The van der Waals surface area contributed by atoms with Gasteiger partial charge in [-0.25, -0.2) is 0 Å². The number of hydrogen-bond acceptors (Lipinski definition) is 5. The zero-order valence-electron chi connectivity index (χ0n) is 13.1. The van der Waals surface area contributed by atoms with E-state index < -0.39 is 0 Å². The summed E-state index contributed by atoms with van der Waals surface area (Å²) < 4.78 is 0. The molecule has 0 unspecified atom stereocenters. The van der Waals surface area contributed by atoms with Crippen LogP contribution in [0, 0.1) is 12.3 Å². The molecule has 2 aliphatic heterocycles. The monoisotopic (exact) mass is 306 g/mol. The van der Waals surface area contributed by atoms with E-state index in [1.807, 2.05) is 0 Å². The van der Waals surface area contributed by atoms with Gasteiger partial charge in [-0.05, 0) is 25.8 Å². The van der Waals surface area contributed by atoms with Gasteiger partial charge in [-0.1, -0.05) is 0 Å². The third kappa shape index (κ3) is 5.74. The molecule has 22 heavy (non-hydrogen) atoms. The van der Waals surface area contributed by atoms with Crippen LogP contribution in [0.2, 0.25) is 0 Å². The molecule has 0 radical (unpaired) electrons. The van der Waals surface area contributed by atoms with Crippen LogP contribution >= 0.6 is 0 Å². The van der Waals surface area contributed by atoms with E-state index in [1.165, 1.54) is 0 Å². The van der Waals surface area contributed by atoms with Gasteiger partial charge in [0.1, 0.15) is 0 Å². The van der Waals surface area contributed by atoms with Crippen LogP contribution in [0.5, 0.6) is 0 Å². The number of terminal acetylenes is 1. The molecule has 2 N–H and O–H groups in total. The Balaban J connectivity index is 1.49. The van der Waals surface area contributed by atoms with Crippen LogP contribution in [0.1, 0.15) is 44.9 Å². The van der Waals surface area contributed by atoms with Crippen molar-refractivity contribution in [3.8, 4) is 12.3 Å². The molecule has 0 atom stereocenters. The van der Waals surface area contributed by atoms with Gasteiger partial charge in [0.25, 0.3) is 0 Å². The Kier molecular flexibility index (Phi) is 6.34. The number of carbonyl (C=O) groups excluding carboxylic acids is 1. The predicted molar refractivity (Wildman–Crippen MR) is 84.2 cm³/mol. The van der Waals surface area contributed by atoms with Gasteiger partial charge >= 0.3 is 0 Å². The largest absolute Gasteiger partial charge is 0.393 e. The Bertz CT molecular complexity index is 430. The molecule has 1 fully saturated rings. The van der Waals surface area contributed by atoms with Crippen molar-refractivity contribution >= 4 is 5.91 Å². The molecule has 0 spiro atoms. The maximum Gasteiger partial charge on any atom is 0.220 e. The molecular weight excluding hydrogens is 280 g/mol. The van der Waals surface area contributed by atoms with E-state index >= 15 is 0 Å². The fourth-order valence-corrected chi connectivity index (χ4v) is 2.74. The highest BCUT2D eigenvalue weighted by Crippen LogP contribution is 2.37. The van der Waals surface area contributed by atoms with E-state index in [-0.39, 0.29) is 17.7 Å². The molecule has 122 valence electrons. The Labute approximate surface area is 132 Å². The molecule has 6 nitrogen and oxygen atoms in total. The van der Waals surface area contributed by atoms with Crippen molar-refractivity contribution in [2.75, 3.05) is 26.2 Å². The van der Waals surface area contributed by atoms with Gasteiger partial charge in [0, 0.05) is 45.3 Å². The Morgan fingerprint density at radius 2 is 2.09 bits per heavy atom. The minimum absolute atomic E-state index is 0.0615. The molecule has 0 aromatic heterocycles. The van der Waals surface area contributed by atoms with E-state index in [0.29, 0.717) is 25.8 Å². The summed E-state index contributed by atoms with van der Waals surface area (Å²) in [6, 6.07) is 0. The van der Waals surface area contributed by atoms with Crippen LogP contribution < -0.4 is 5.32 Å². The van der Waals surface area contributed by atoms with E-state index in [1.54, 1.807) is 0 Å². The summed E-state index contributed by atoms with van der Waals surface area (Å²) in [5, 5.41) is 20.5. The van der Waals surface area contributed by atoms with Crippen molar-refractivity contribution in [2.45, 2.75) is 56.7 Å². The average Bonchev–Trinajstić information content (AvgIpc) is 3.30. The Morgan fingerprint density at radius 3 is 2.73 bits per heavy atom. The van der Waals surface area contributed by atoms with Gasteiger partial charge in [-0.15, -0.1) is 12.3 Å². The van der Waals surface area contributed by atoms with Gasteiger partial charge in [0.15, 0.2) is 5.66 Å². The van der Waals surface area contributed by atoms with Crippen molar-refractivity contribution in [1.29, 1.82) is 0 Å². The minimum Gasteiger partial charge on any atom is -0.393 e. The molecule has 6 heteroatoms. The quantitative estimate of drug-likeness (QED) is 0.498. The molecule has 1 amide bonds. The highest BCUT2D eigenvalue weighted by Gasteiger charge is 2.39. The highest BCUT2D eigenvalue weighted by atomic mass is 16.3. The summed E-state index contributed by atoms with van der Waals surface area (Å²) in [6.45, 7) is 3.58. The van der Waals surface area contributed by atoms with Gasteiger partial charge in [0.05, 0.1) is 6.10 Å². The van der Waals surface area contributed by atoms with Crippen molar-refractivity contribution in [2.24, 2.45) is 10.2 Å². The van der Waals surface area contributed by atoms with Crippen molar-refractivity contribution in [3.05, 3.63) is 0 Å². The molecule has 2 aliphatic rings. The Hall–Kier alpha value is -1.45. The van der Waals surface area contributed by atoms with Gasteiger partial charge in [-0.2, -0.15) is 10.2 Å². The molecule has 0 bridgehead atoms. The first kappa shape index (κ1) is 16.9. The third-order valence-electron chi connectivity index (χ3n) is 4.34. The Morgan fingerprint density at radius 1 is 1.36 bits per heavy atom. The number of nitrogens with zero attached hydrogens (tertiary/aromatic N) is 3. The van der Waals surface area contributed by atoms with Gasteiger partial charge < -0.3 is 15.3 Å². The lowest BCUT2D eigenvalue weighted by molar-refractivity contribution is -0.121. The molecule has 1 saturated heterocycles. The smallest absolute Gasteiger partial charge is 0.220 e. The maximum atomic E-state index is 11.8. The topological polar surface area (TPSA) is 77.3 Å². The first-order valence-corrected chi connectivity index (χ1v) is 8.18. The molecule has 2 rings (SSSR count). The first-order chi connectivity index (χ1) is 10.6. The summed E-state index contributed by atoms with van der Waals surface area (Å²) in [5.74, 6) is 2.65. The van der Waals surface area contributed by atoms with Gasteiger partial charge in [-0.3, -0.25) is 4.79 Å². The lowest BCUT2D eigenvalue weighted by atomic mass is 10.0. The van der Waals surface area contributed by atoms with Crippen molar-refractivity contribution in [1.82, 2.24) is 10.2 Å². The highest BCUT2D eigenvalue weighted by molar-refractivity contribution is 5.75. The summed E-state index contributed by atoms with van der Waals surface area (Å²) in [7, 11) is 0. The molecule has 0 aliphatic carbocycles. The number of hydrogen-bond donors (Lipinski definition) is 2. The number of carbonyl (C=O) groups is 1. The van der Waals surface area contributed by atoms with Crippen LogP contribution in [0.3, 0.4) is 0 Å². The molecular formula is C16H26N4O2. The van der Waals surface area contributed by atoms with Crippen LogP contribution in [-0.2, 0) is 4.79 Å². The van der Waals surface area contributed by atoms with E-state index in [9.17, 15) is 9.90 Å². The lowest BCUT2D eigenvalue weighted by Gasteiger charge is -2.29. The number of likely N-dealkylation sites (tertiary alicyclic amines) is 1. The zero-order valence-corrected chi connectivity index (χ0v) is 13.1. The fourth-order valence-electron chi connectivity index (χ4n) is 2.74. The second-order valence-corrected chi connectivity index (χ2v) is 6.16. The number of rotatable bonds is 9. The zero-order chi connectivity index (χ0) is 15.8. The van der Waals surface area contributed by atoms with E-state index in [0.717, 1.165) is 45.3 Å². The van der Waals surface area contributed by atoms with Crippen molar-refractivity contribution < 1.29 is 9.90 Å². The molecule has 0 aromatic carbocycles. The molecule has 0 aromatic rings. The average molecular weight is 306 g/mol. The lowest BCUT2D eigenvalue weighted by Crippen LogP contribution is -2.37. The molecule has 0 saturated carbocycles. The number of aliphatic hydroxyl groups excluding tert-OH is 1. The van der Waals surface area contributed by atoms with Crippen LogP contribution in [-0.4, -0.2) is 53.9 Å². The standard InChI is InChI=1S/C16H26N4O2/c1-2-3-8-16(18-19-16)9-5-15(22)17-10-4-11-20-12-6-14(21)7-13-20/h1,14,21H,3-13H2,(H,17,22). The number of piperidine rings is 1. The summed E-state index contributed by atoms with van der Waals surface area (Å²) in [6.07, 6.45) is 10.3. The summed E-state index contributed by atoms with van der Waals surface area (Å²) >= 11 is 0. The fraction of sp³-hybridized carbons (Fsp3) is 0.812. The SMILES string of the molecule is C#CCCC1(CCC(=O)NCCCN2CCC(O)CC2)N=N1. The second kappa shape index (κ2) is 8.25. The van der Waals surface area contributed by atoms with E-state index in [2.05, 4.69) is 26.4 Å². The predicted octanol–water partition coefficient (Wildman–Crippen LogP) is 1.31. The van der Waals surface area contributed by atoms with Crippen LogP contribution in [0.25, 0.3) is 0 Å². The summed E-state index contributed by atoms with van der Waals surface area (Å²) in [4.78, 5) is 14.1. The summed E-state index contributed by atoms with van der Waals surface area (Å²) in [5.41, 5.74) is -0.363. The minimum atomic E-state index is -0.363. The van der Waals surface area contributed by atoms with Crippen LogP contribution in [0.15, 0.2) is 10.2 Å². The second-order valence-electron chi connectivity index (χ2n) is 6.16. The number of amides is 1. The van der Waals surface area contributed by atoms with Gasteiger partial charge in [0.2, 0.25) is 5.91 Å². The maximum absolute atomic E-state index is 11.8. The normalized spacial score (nSPS) is 20.5.